The van der Waals surface area contributed by atoms with Crippen LogP contribution in [0.2, 0.25) is 0 Å². The van der Waals surface area contributed by atoms with Gasteiger partial charge in [-0.2, -0.15) is 4.98 Å². The summed E-state index contributed by atoms with van der Waals surface area (Å²) in [5.41, 5.74) is 0.988. The predicted octanol–water partition coefficient (Wildman–Crippen LogP) is 2.33. The first-order valence-corrected chi connectivity index (χ1v) is 6.29. The van der Waals surface area contributed by atoms with Crippen LogP contribution in [0, 0.1) is 0 Å². The number of nitrogens with zero attached hydrogens (tertiary/aromatic N) is 2. The Kier molecular flexibility index (Phi) is 4.20. The second-order valence-electron chi connectivity index (χ2n) is 4.63. The highest BCUT2D eigenvalue weighted by Gasteiger charge is 2.20. The van der Waals surface area contributed by atoms with Gasteiger partial charge in [0.15, 0.2) is 0 Å². The summed E-state index contributed by atoms with van der Waals surface area (Å²) in [5, 5.41) is 3.42. The third-order valence-electron chi connectivity index (χ3n) is 2.92. The largest absolute Gasteiger partial charge is 0.432 e. The molecule has 0 amide bonds. The summed E-state index contributed by atoms with van der Waals surface area (Å²) in [6.45, 7) is 5.48. The van der Waals surface area contributed by atoms with Crippen molar-refractivity contribution >= 4 is 6.01 Å². The Bertz CT molecular complexity index is 357. The van der Waals surface area contributed by atoms with Crippen LogP contribution in [0.3, 0.4) is 0 Å². The van der Waals surface area contributed by atoms with E-state index in [4.69, 9.17) is 4.42 Å². The summed E-state index contributed by atoms with van der Waals surface area (Å²) in [6.07, 6.45) is 8.39. The second-order valence-corrected chi connectivity index (χ2v) is 4.63. The van der Waals surface area contributed by atoms with Gasteiger partial charge >= 0.3 is 0 Å². The Labute approximate surface area is 103 Å². The Morgan fingerprint density at radius 2 is 2.47 bits per heavy atom. The third kappa shape index (κ3) is 3.89. The minimum atomic E-state index is 0.709. The maximum atomic E-state index is 5.46. The number of unbranched alkanes of at least 4 members (excludes halogenated alkanes) is 1. The molecule has 1 aliphatic carbocycles. The average molecular weight is 235 g/mol. The van der Waals surface area contributed by atoms with Gasteiger partial charge in [-0.15, -0.1) is 6.58 Å². The molecule has 1 aromatic heterocycles. The van der Waals surface area contributed by atoms with Gasteiger partial charge in [0.05, 0.1) is 5.69 Å². The van der Waals surface area contributed by atoms with Crippen molar-refractivity contribution in [3.8, 4) is 0 Å². The van der Waals surface area contributed by atoms with Gasteiger partial charge in [0, 0.05) is 26.2 Å². The van der Waals surface area contributed by atoms with E-state index in [0.29, 0.717) is 12.1 Å². The SMILES string of the molecule is C=CCCCN(C)c1nc(CNC2CC2)co1. The van der Waals surface area contributed by atoms with Crippen LogP contribution in [-0.4, -0.2) is 24.6 Å². The van der Waals surface area contributed by atoms with Gasteiger partial charge in [0.2, 0.25) is 0 Å². The Hall–Kier alpha value is -1.29. The number of rotatable bonds is 8. The first-order chi connectivity index (χ1) is 8.29. The zero-order valence-electron chi connectivity index (χ0n) is 10.5. The average Bonchev–Trinajstić information content (AvgIpc) is 3.04. The summed E-state index contributed by atoms with van der Waals surface area (Å²) in [4.78, 5) is 6.51. The van der Waals surface area contributed by atoms with Crippen molar-refractivity contribution in [3.05, 3.63) is 24.6 Å². The highest BCUT2D eigenvalue weighted by molar-refractivity contribution is 5.25. The van der Waals surface area contributed by atoms with Crippen LogP contribution in [0.4, 0.5) is 6.01 Å². The maximum Gasteiger partial charge on any atom is 0.297 e. The molecule has 0 radical (unpaired) electrons. The topological polar surface area (TPSA) is 41.3 Å². The highest BCUT2D eigenvalue weighted by atomic mass is 16.4. The molecular formula is C13H21N3O. The Morgan fingerprint density at radius 1 is 1.65 bits per heavy atom. The number of nitrogens with one attached hydrogen (secondary N) is 1. The van der Waals surface area contributed by atoms with Crippen LogP contribution in [0.15, 0.2) is 23.3 Å². The fraction of sp³-hybridized carbons (Fsp3) is 0.615. The molecule has 17 heavy (non-hydrogen) atoms. The van der Waals surface area contributed by atoms with E-state index < -0.39 is 0 Å². The summed E-state index contributed by atoms with van der Waals surface area (Å²) < 4.78 is 5.46. The summed E-state index contributed by atoms with van der Waals surface area (Å²) in [5.74, 6) is 0. The standard InChI is InChI=1S/C13H21N3O/c1-3-4-5-8-16(2)13-15-12(10-17-13)9-14-11-6-7-11/h3,10-11,14H,1,4-9H2,2H3. The quantitative estimate of drug-likeness (QED) is 0.554. The van der Waals surface area contributed by atoms with Crippen molar-refractivity contribution < 1.29 is 4.42 Å². The zero-order chi connectivity index (χ0) is 12.1. The molecule has 0 unspecified atom stereocenters. The van der Waals surface area contributed by atoms with Crippen molar-refractivity contribution in [2.45, 2.75) is 38.3 Å². The number of anilines is 1. The Morgan fingerprint density at radius 3 is 3.18 bits per heavy atom. The fourth-order valence-electron chi connectivity index (χ4n) is 1.66. The van der Waals surface area contributed by atoms with Gasteiger partial charge in [-0.25, -0.2) is 0 Å². The lowest BCUT2D eigenvalue weighted by molar-refractivity contribution is 0.540. The molecule has 2 rings (SSSR count). The van der Waals surface area contributed by atoms with Gasteiger partial charge in [-0.05, 0) is 25.7 Å². The van der Waals surface area contributed by atoms with Gasteiger partial charge in [0.1, 0.15) is 6.26 Å². The first-order valence-electron chi connectivity index (χ1n) is 6.29. The van der Waals surface area contributed by atoms with E-state index in [0.717, 1.165) is 31.6 Å². The number of oxazole rings is 1. The number of allylic oxidation sites excluding steroid dienone is 1. The van der Waals surface area contributed by atoms with E-state index >= 15 is 0 Å². The molecule has 1 N–H and O–H groups in total. The van der Waals surface area contributed by atoms with Crippen LogP contribution in [-0.2, 0) is 6.54 Å². The smallest absolute Gasteiger partial charge is 0.297 e. The molecule has 0 aliphatic heterocycles. The fourth-order valence-corrected chi connectivity index (χ4v) is 1.66. The lowest BCUT2D eigenvalue weighted by Gasteiger charge is -2.12. The highest BCUT2D eigenvalue weighted by Crippen LogP contribution is 2.19. The van der Waals surface area contributed by atoms with Crippen molar-refractivity contribution in [3.63, 3.8) is 0 Å². The van der Waals surface area contributed by atoms with Crippen LogP contribution in [0.25, 0.3) is 0 Å². The molecule has 1 fully saturated rings. The zero-order valence-corrected chi connectivity index (χ0v) is 10.5. The van der Waals surface area contributed by atoms with E-state index in [9.17, 15) is 0 Å². The summed E-state index contributed by atoms with van der Waals surface area (Å²) in [6, 6.07) is 1.42. The summed E-state index contributed by atoms with van der Waals surface area (Å²) in [7, 11) is 2.01. The molecule has 0 bridgehead atoms. The molecule has 0 atom stereocenters. The normalized spacial score (nSPS) is 14.9. The van der Waals surface area contributed by atoms with E-state index in [1.165, 1.54) is 12.8 Å². The van der Waals surface area contributed by atoms with Gasteiger partial charge in [0.25, 0.3) is 6.01 Å². The predicted molar refractivity (Wildman–Crippen MR) is 69.1 cm³/mol. The molecule has 4 heteroatoms. The van der Waals surface area contributed by atoms with Crippen LogP contribution in [0.5, 0.6) is 0 Å². The number of hydrogen-bond donors (Lipinski definition) is 1. The van der Waals surface area contributed by atoms with E-state index in [2.05, 4.69) is 16.9 Å². The van der Waals surface area contributed by atoms with Crippen molar-refractivity contribution in [2.75, 3.05) is 18.5 Å². The van der Waals surface area contributed by atoms with Crippen LogP contribution < -0.4 is 10.2 Å². The number of hydrogen-bond acceptors (Lipinski definition) is 4. The molecular weight excluding hydrogens is 214 g/mol. The van der Waals surface area contributed by atoms with Gasteiger partial charge < -0.3 is 14.6 Å². The Balaban J connectivity index is 1.76. The second kappa shape index (κ2) is 5.87. The maximum absolute atomic E-state index is 5.46. The molecule has 4 nitrogen and oxygen atoms in total. The lowest BCUT2D eigenvalue weighted by Crippen LogP contribution is -2.19. The molecule has 1 saturated carbocycles. The monoisotopic (exact) mass is 235 g/mol. The van der Waals surface area contributed by atoms with Gasteiger partial charge in [-0.1, -0.05) is 6.08 Å². The molecule has 0 aromatic carbocycles. The molecule has 1 aromatic rings. The minimum Gasteiger partial charge on any atom is -0.432 e. The molecule has 1 heterocycles. The number of aromatic nitrogens is 1. The first kappa shape index (κ1) is 12.2. The summed E-state index contributed by atoms with van der Waals surface area (Å²) >= 11 is 0. The van der Waals surface area contributed by atoms with E-state index in [-0.39, 0.29) is 0 Å². The van der Waals surface area contributed by atoms with Crippen molar-refractivity contribution in [2.24, 2.45) is 0 Å². The molecule has 1 aliphatic rings. The van der Waals surface area contributed by atoms with Gasteiger partial charge in [-0.3, -0.25) is 0 Å². The van der Waals surface area contributed by atoms with Crippen molar-refractivity contribution in [1.29, 1.82) is 0 Å². The molecule has 94 valence electrons. The van der Waals surface area contributed by atoms with E-state index in [1.54, 1.807) is 6.26 Å². The van der Waals surface area contributed by atoms with Crippen LogP contribution in [0.1, 0.15) is 31.4 Å². The molecule has 0 saturated heterocycles. The van der Waals surface area contributed by atoms with Crippen molar-refractivity contribution in [1.82, 2.24) is 10.3 Å². The lowest BCUT2D eigenvalue weighted by atomic mass is 10.3. The third-order valence-corrected chi connectivity index (χ3v) is 2.92. The minimum absolute atomic E-state index is 0.709. The van der Waals surface area contributed by atoms with E-state index in [1.807, 2.05) is 18.0 Å². The van der Waals surface area contributed by atoms with Crippen LogP contribution >= 0.6 is 0 Å². The molecule has 0 spiro atoms.